The lowest BCUT2D eigenvalue weighted by atomic mass is 10.2. The maximum atomic E-state index is 5.53. The molecule has 0 bridgehead atoms. The van der Waals surface area contributed by atoms with E-state index in [4.69, 9.17) is 9.15 Å². The van der Waals surface area contributed by atoms with Crippen LogP contribution in [0, 0.1) is 0 Å². The molecular weight excluding hydrogens is 268 g/mol. The van der Waals surface area contributed by atoms with Crippen LogP contribution in [-0.2, 0) is 0 Å². The van der Waals surface area contributed by atoms with Gasteiger partial charge in [0.2, 0.25) is 0 Å². The van der Waals surface area contributed by atoms with Gasteiger partial charge in [-0.05, 0) is 40.2 Å². The van der Waals surface area contributed by atoms with Crippen LogP contribution < -0.4 is 4.74 Å². The maximum Gasteiger partial charge on any atom is 0.149 e. The fraction of sp³-hybridized carbons (Fsp3) is 0.231. The molecule has 2 nitrogen and oxygen atoms in total. The molecule has 86 valence electrons. The minimum absolute atomic E-state index is 0.758. The molecule has 2 rings (SSSR count). The van der Waals surface area contributed by atoms with Crippen LogP contribution in [-0.4, -0.2) is 7.11 Å². The maximum absolute atomic E-state index is 5.53. The SMILES string of the molecule is C=Cc1cc2cc(OC)cc(Br)c2o1.CC. The third kappa shape index (κ3) is 2.47. The average Bonchev–Trinajstić information content (AvgIpc) is 2.75. The van der Waals surface area contributed by atoms with Crippen LogP contribution in [0.2, 0.25) is 0 Å². The Labute approximate surface area is 104 Å². The highest BCUT2D eigenvalue weighted by Gasteiger charge is 2.07. The van der Waals surface area contributed by atoms with E-state index in [1.54, 1.807) is 13.2 Å². The van der Waals surface area contributed by atoms with Crippen molar-refractivity contribution in [1.29, 1.82) is 0 Å². The molecule has 0 unspecified atom stereocenters. The molecule has 16 heavy (non-hydrogen) atoms. The van der Waals surface area contributed by atoms with E-state index >= 15 is 0 Å². The monoisotopic (exact) mass is 282 g/mol. The summed E-state index contributed by atoms with van der Waals surface area (Å²) in [6.45, 7) is 7.66. The molecule has 0 spiro atoms. The van der Waals surface area contributed by atoms with Gasteiger partial charge in [0, 0.05) is 5.39 Å². The Morgan fingerprint density at radius 2 is 2.00 bits per heavy atom. The predicted octanol–water partition coefficient (Wildman–Crippen LogP) is 4.87. The number of furan rings is 1. The molecule has 1 heterocycles. The van der Waals surface area contributed by atoms with Crippen LogP contribution in [0.4, 0.5) is 0 Å². The fourth-order valence-electron chi connectivity index (χ4n) is 1.32. The van der Waals surface area contributed by atoms with Crippen molar-refractivity contribution >= 4 is 33.0 Å². The zero-order valence-electron chi connectivity index (χ0n) is 9.71. The van der Waals surface area contributed by atoms with Gasteiger partial charge >= 0.3 is 0 Å². The lowest BCUT2D eigenvalue weighted by Crippen LogP contribution is -1.81. The first-order chi connectivity index (χ1) is 7.74. The van der Waals surface area contributed by atoms with E-state index in [0.29, 0.717) is 0 Å². The first-order valence-corrected chi connectivity index (χ1v) is 5.93. The first-order valence-electron chi connectivity index (χ1n) is 5.14. The number of benzene rings is 1. The molecule has 0 fully saturated rings. The molecule has 0 aliphatic rings. The quantitative estimate of drug-likeness (QED) is 0.784. The van der Waals surface area contributed by atoms with E-state index in [9.17, 15) is 0 Å². The van der Waals surface area contributed by atoms with Crippen molar-refractivity contribution < 1.29 is 9.15 Å². The second-order valence-electron chi connectivity index (χ2n) is 2.88. The normalized spacial score (nSPS) is 9.50. The van der Waals surface area contributed by atoms with Gasteiger partial charge in [0.1, 0.15) is 17.1 Å². The van der Waals surface area contributed by atoms with Crippen LogP contribution in [0.3, 0.4) is 0 Å². The molecule has 1 aromatic heterocycles. The molecule has 0 saturated heterocycles. The minimum Gasteiger partial charge on any atom is -0.497 e. The molecule has 2 aromatic rings. The van der Waals surface area contributed by atoms with Gasteiger partial charge in [-0.1, -0.05) is 20.4 Å². The number of hydrogen-bond acceptors (Lipinski definition) is 2. The van der Waals surface area contributed by atoms with Crippen molar-refractivity contribution in [3.05, 3.63) is 35.0 Å². The van der Waals surface area contributed by atoms with E-state index in [1.165, 1.54) is 0 Å². The van der Waals surface area contributed by atoms with Crippen molar-refractivity contribution in [2.75, 3.05) is 7.11 Å². The van der Waals surface area contributed by atoms with Crippen molar-refractivity contribution in [3.63, 3.8) is 0 Å². The average molecular weight is 283 g/mol. The van der Waals surface area contributed by atoms with E-state index in [2.05, 4.69) is 22.5 Å². The zero-order valence-corrected chi connectivity index (χ0v) is 11.3. The van der Waals surface area contributed by atoms with E-state index < -0.39 is 0 Å². The highest BCUT2D eigenvalue weighted by Crippen LogP contribution is 2.31. The molecular formula is C13H15BrO2. The van der Waals surface area contributed by atoms with Crippen LogP contribution in [0.25, 0.3) is 17.0 Å². The Morgan fingerprint density at radius 3 is 2.56 bits per heavy atom. The van der Waals surface area contributed by atoms with Crippen molar-refractivity contribution in [2.24, 2.45) is 0 Å². The molecule has 0 saturated carbocycles. The van der Waals surface area contributed by atoms with Gasteiger partial charge < -0.3 is 9.15 Å². The van der Waals surface area contributed by atoms with Crippen LogP contribution >= 0.6 is 15.9 Å². The number of halogens is 1. The third-order valence-electron chi connectivity index (χ3n) is 2.00. The fourth-order valence-corrected chi connectivity index (χ4v) is 1.86. The second-order valence-corrected chi connectivity index (χ2v) is 3.73. The summed E-state index contributed by atoms with van der Waals surface area (Å²) in [6, 6.07) is 5.73. The Kier molecular flexibility index (Phi) is 4.62. The lowest BCUT2D eigenvalue weighted by Gasteiger charge is -1.99. The van der Waals surface area contributed by atoms with Gasteiger partial charge in [0.25, 0.3) is 0 Å². The molecule has 0 atom stereocenters. The van der Waals surface area contributed by atoms with Crippen LogP contribution in [0.15, 0.2) is 33.7 Å². The summed E-state index contributed by atoms with van der Waals surface area (Å²) in [4.78, 5) is 0. The summed E-state index contributed by atoms with van der Waals surface area (Å²) >= 11 is 3.42. The third-order valence-corrected chi connectivity index (χ3v) is 2.59. The van der Waals surface area contributed by atoms with Gasteiger partial charge in [-0.15, -0.1) is 0 Å². The summed E-state index contributed by atoms with van der Waals surface area (Å²) in [5.41, 5.74) is 0.820. The van der Waals surface area contributed by atoms with Gasteiger partial charge in [0.15, 0.2) is 0 Å². The van der Waals surface area contributed by atoms with Gasteiger partial charge in [-0.25, -0.2) is 0 Å². The summed E-state index contributed by atoms with van der Waals surface area (Å²) in [6.07, 6.45) is 1.68. The molecule has 0 amide bonds. The molecule has 0 aliphatic heterocycles. The second kappa shape index (κ2) is 5.75. The Morgan fingerprint density at radius 1 is 1.31 bits per heavy atom. The number of rotatable bonds is 2. The summed E-state index contributed by atoms with van der Waals surface area (Å²) in [7, 11) is 1.64. The van der Waals surface area contributed by atoms with Crippen molar-refractivity contribution in [1.82, 2.24) is 0 Å². The van der Waals surface area contributed by atoms with Gasteiger partial charge in [0.05, 0.1) is 11.6 Å². The number of fused-ring (bicyclic) bond motifs is 1. The van der Waals surface area contributed by atoms with Crippen molar-refractivity contribution in [2.45, 2.75) is 13.8 Å². The highest BCUT2D eigenvalue weighted by molar-refractivity contribution is 9.10. The molecule has 3 heteroatoms. The molecule has 0 N–H and O–H groups in total. The number of hydrogen-bond donors (Lipinski definition) is 0. The van der Waals surface area contributed by atoms with Gasteiger partial charge in [-0.3, -0.25) is 0 Å². The molecule has 0 aliphatic carbocycles. The Balaban J connectivity index is 0.000000606. The van der Waals surface area contributed by atoms with Crippen LogP contribution in [0.1, 0.15) is 19.6 Å². The largest absolute Gasteiger partial charge is 0.497 e. The zero-order chi connectivity index (χ0) is 12.1. The summed E-state index contributed by atoms with van der Waals surface area (Å²) in [5, 5.41) is 1.01. The van der Waals surface area contributed by atoms with Crippen molar-refractivity contribution in [3.8, 4) is 5.75 Å². The standard InChI is InChI=1S/C11H9BrO2.C2H6/c1-3-8-4-7-5-9(13-2)6-10(12)11(7)14-8;1-2/h3-6H,1H2,2H3;1-2H3. The minimum atomic E-state index is 0.758. The summed E-state index contributed by atoms with van der Waals surface area (Å²) in [5.74, 6) is 1.56. The van der Waals surface area contributed by atoms with Crippen LogP contribution in [0.5, 0.6) is 5.75 Å². The Bertz CT molecular complexity index is 486. The Hall–Kier alpha value is -1.22. The van der Waals surface area contributed by atoms with E-state index in [1.807, 2.05) is 32.0 Å². The number of ether oxygens (including phenoxy) is 1. The topological polar surface area (TPSA) is 22.4 Å². The first kappa shape index (κ1) is 12.8. The lowest BCUT2D eigenvalue weighted by molar-refractivity contribution is 0.415. The number of methoxy groups -OCH3 is 1. The predicted molar refractivity (Wildman–Crippen MR) is 71.9 cm³/mol. The highest BCUT2D eigenvalue weighted by atomic mass is 79.9. The van der Waals surface area contributed by atoms with E-state index in [0.717, 1.165) is 27.0 Å². The van der Waals surface area contributed by atoms with Gasteiger partial charge in [-0.2, -0.15) is 0 Å². The van der Waals surface area contributed by atoms with E-state index in [-0.39, 0.29) is 0 Å². The molecule has 0 radical (unpaired) electrons. The summed E-state index contributed by atoms with van der Waals surface area (Å²) < 4.78 is 11.6. The smallest absolute Gasteiger partial charge is 0.149 e. The molecule has 1 aromatic carbocycles.